The first-order chi connectivity index (χ1) is 6.84. The van der Waals surface area contributed by atoms with Crippen LogP contribution < -0.4 is 11.1 Å². The van der Waals surface area contributed by atoms with Crippen LogP contribution in [-0.2, 0) is 0 Å². The van der Waals surface area contributed by atoms with Crippen molar-refractivity contribution in [3.63, 3.8) is 0 Å². The first-order valence-corrected chi connectivity index (χ1v) is 5.94. The van der Waals surface area contributed by atoms with E-state index in [0.29, 0.717) is 18.0 Å². The molecule has 78 valence electrons. The van der Waals surface area contributed by atoms with E-state index in [1.165, 1.54) is 38.5 Å². The molecule has 2 saturated carbocycles. The van der Waals surface area contributed by atoms with E-state index in [4.69, 9.17) is 5.73 Å². The van der Waals surface area contributed by atoms with Crippen molar-refractivity contribution in [3.8, 4) is 0 Å². The third kappa shape index (κ3) is 1.22. The van der Waals surface area contributed by atoms with Gasteiger partial charge >= 0.3 is 0 Å². The molecule has 3 heteroatoms. The van der Waals surface area contributed by atoms with Crippen LogP contribution in [0.25, 0.3) is 0 Å². The van der Waals surface area contributed by atoms with Gasteiger partial charge in [-0.05, 0) is 31.6 Å². The standard InChI is InChI=1S/C11H19N3/c12-11-13-8-5-1-3-7-4-2-6-9(14-11)10(7)8/h7-10H,1-6H2,(H3,12,13,14). The summed E-state index contributed by atoms with van der Waals surface area (Å²) in [6.07, 6.45) is 8.14. The number of hydrogen-bond acceptors (Lipinski definition) is 3. The molecule has 0 spiro atoms. The Kier molecular flexibility index (Phi) is 1.92. The maximum atomic E-state index is 5.82. The van der Waals surface area contributed by atoms with Gasteiger partial charge in [-0.2, -0.15) is 0 Å². The highest BCUT2D eigenvalue weighted by molar-refractivity contribution is 5.79. The second-order valence-corrected chi connectivity index (χ2v) is 5.03. The highest BCUT2D eigenvalue weighted by Crippen LogP contribution is 2.43. The predicted molar refractivity (Wildman–Crippen MR) is 57.0 cm³/mol. The van der Waals surface area contributed by atoms with E-state index in [2.05, 4.69) is 10.3 Å². The van der Waals surface area contributed by atoms with Crippen LogP contribution >= 0.6 is 0 Å². The van der Waals surface area contributed by atoms with Crippen LogP contribution in [0.2, 0.25) is 0 Å². The summed E-state index contributed by atoms with van der Waals surface area (Å²) in [5.74, 6) is 2.42. The monoisotopic (exact) mass is 193 g/mol. The van der Waals surface area contributed by atoms with Gasteiger partial charge in [0.15, 0.2) is 5.96 Å². The summed E-state index contributed by atoms with van der Waals surface area (Å²) >= 11 is 0. The molecule has 3 nitrogen and oxygen atoms in total. The minimum atomic E-state index is 0.542. The Morgan fingerprint density at radius 2 is 1.93 bits per heavy atom. The smallest absolute Gasteiger partial charge is 0.189 e. The van der Waals surface area contributed by atoms with Crippen LogP contribution in [0.5, 0.6) is 0 Å². The van der Waals surface area contributed by atoms with Crippen molar-refractivity contribution < 1.29 is 0 Å². The Balaban J connectivity index is 1.90. The Labute approximate surface area is 85.2 Å². The van der Waals surface area contributed by atoms with Gasteiger partial charge in [-0.15, -0.1) is 0 Å². The fraction of sp³-hybridized carbons (Fsp3) is 0.909. The lowest BCUT2D eigenvalue weighted by molar-refractivity contribution is 0.107. The highest BCUT2D eigenvalue weighted by Gasteiger charge is 2.43. The first-order valence-electron chi connectivity index (χ1n) is 5.94. The maximum Gasteiger partial charge on any atom is 0.189 e. The largest absolute Gasteiger partial charge is 0.370 e. The summed E-state index contributed by atoms with van der Waals surface area (Å²) < 4.78 is 0. The van der Waals surface area contributed by atoms with Crippen LogP contribution in [0.1, 0.15) is 38.5 Å². The zero-order chi connectivity index (χ0) is 9.54. The molecule has 0 aromatic heterocycles. The molecule has 1 heterocycles. The third-order valence-electron chi connectivity index (χ3n) is 4.26. The van der Waals surface area contributed by atoms with Crippen LogP contribution in [0, 0.1) is 11.8 Å². The Morgan fingerprint density at radius 1 is 1.14 bits per heavy atom. The molecule has 3 aliphatic rings. The zero-order valence-electron chi connectivity index (χ0n) is 8.58. The topological polar surface area (TPSA) is 50.4 Å². The van der Waals surface area contributed by atoms with E-state index in [0.717, 1.165) is 11.8 Å². The number of nitrogens with zero attached hydrogens (tertiary/aromatic N) is 1. The van der Waals surface area contributed by atoms with Crippen LogP contribution in [-0.4, -0.2) is 18.0 Å². The average Bonchev–Trinajstić information content (AvgIpc) is 2.18. The van der Waals surface area contributed by atoms with E-state index < -0.39 is 0 Å². The second kappa shape index (κ2) is 3.14. The summed E-state index contributed by atoms with van der Waals surface area (Å²) in [7, 11) is 0. The van der Waals surface area contributed by atoms with E-state index in [-0.39, 0.29) is 0 Å². The van der Waals surface area contributed by atoms with Crippen LogP contribution in [0.15, 0.2) is 4.99 Å². The molecule has 3 N–H and O–H groups in total. The average molecular weight is 193 g/mol. The van der Waals surface area contributed by atoms with E-state index in [9.17, 15) is 0 Å². The molecule has 0 aromatic rings. The molecule has 4 unspecified atom stereocenters. The van der Waals surface area contributed by atoms with E-state index in [1.54, 1.807) is 0 Å². The molecule has 4 atom stereocenters. The van der Waals surface area contributed by atoms with Gasteiger partial charge in [0, 0.05) is 12.0 Å². The SMILES string of the molecule is NC1=NC2CCCC3CCCC(N1)C32. The minimum Gasteiger partial charge on any atom is -0.370 e. The van der Waals surface area contributed by atoms with Gasteiger partial charge in [-0.3, -0.25) is 0 Å². The maximum absolute atomic E-state index is 5.82. The minimum absolute atomic E-state index is 0.542. The van der Waals surface area contributed by atoms with Crippen molar-refractivity contribution in [2.45, 2.75) is 50.6 Å². The van der Waals surface area contributed by atoms with Gasteiger partial charge in [0.1, 0.15) is 0 Å². The Hall–Kier alpha value is -0.730. The van der Waals surface area contributed by atoms with Gasteiger partial charge in [0.05, 0.1) is 6.04 Å². The quantitative estimate of drug-likeness (QED) is 0.608. The molecule has 2 fully saturated rings. The third-order valence-corrected chi connectivity index (χ3v) is 4.26. The van der Waals surface area contributed by atoms with E-state index >= 15 is 0 Å². The Bertz CT molecular complexity index is 259. The van der Waals surface area contributed by atoms with Gasteiger partial charge < -0.3 is 11.1 Å². The van der Waals surface area contributed by atoms with Crippen molar-refractivity contribution in [2.24, 2.45) is 22.6 Å². The fourth-order valence-electron chi connectivity index (χ4n) is 3.74. The molecule has 1 aliphatic heterocycles. The number of aliphatic imine (C=N–C) groups is 1. The summed E-state index contributed by atoms with van der Waals surface area (Å²) in [5, 5.41) is 3.37. The first kappa shape index (κ1) is 8.57. The molecule has 0 saturated heterocycles. The number of rotatable bonds is 0. The van der Waals surface area contributed by atoms with Gasteiger partial charge in [-0.1, -0.05) is 12.8 Å². The normalized spacial score (nSPS) is 46.1. The predicted octanol–water partition coefficient (Wildman–Crippen LogP) is 1.24. The molecular formula is C11H19N3. The molecule has 3 rings (SSSR count). The number of nitrogens with two attached hydrogens (primary N) is 1. The van der Waals surface area contributed by atoms with Crippen molar-refractivity contribution in [2.75, 3.05) is 0 Å². The molecule has 0 amide bonds. The van der Waals surface area contributed by atoms with Crippen LogP contribution in [0.3, 0.4) is 0 Å². The van der Waals surface area contributed by atoms with E-state index in [1.807, 2.05) is 0 Å². The lowest BCUT2D eigenvalue weighted by Crippen LogP contribution is -2.57. The number of hydrogen-bond donors (Lipinski definition) is 2. The van der Waals surface area contributed by atoms with Gasteiger partial charge in [0.25, 0.3) is 0 Å². The summed E-state index contributed by atoms with van der Waals surface area (Å²) in [4.78, 5) is 4.57. The van der Waals surface area contributed by atoms with Gasteiger partial charge in [-0.25, -0.2) is 4.99 Å². The fourth-order valence-corrected chi connectivity index (χ4v) is 3.74. The lowest BCUT2D eigenvalue weighted by Gasteiger charge is -2.47. The summed E-state index contributed by atoms with van der Waals surface area (Å²) in [6, 6.07) is 1.18. The van der Waals surface area contributed by atoms with Crippen molar-refractivity contribution in [1.29, 1.82) is 0 Å². The van der Waals surface area contributed by atoms with Crippen molar-refractivity contribution in [1.82, 2.24) is 5.32 Å². The second-order valence-electron chi connectivity index (χ2n) is 5.03. The highest BCUT2D eigenvalue weighted by atomic mass is 15.2. The van der Waals surface area contributed by atoms with Gasteiger partial charge in [0.2, 0.25) is 0 Å². The number of nitrogens with one attached hydrogen (secondary N) is 1. The molecule has 14 heavy (non-hydrogen) atoms. The van der Waals surface area contributed by atoms with Crippen molar-refractivity contribution in [3.05, 3.63) is 0 Å². The van der Waals surface area contributed by atoms with Crippen molar-refractivity contribution >= 4 is 5.96 Å². The summed E-state index contributed by atoms with van der Waals surface area (Å²) in [5.41, 5.74) is 5.82. The van der Waals surface area contributed by atoms with Crippen LogP contribution in [0.4, 0.5) is 0 Å². The summed E-state index contributed by atoms with van der Waals surface area (Å²) in [6.45, 7) is 0. The molecular weight excluding hydrogens is 174 g/mol. The zero-order valence-corrected chi connectivity index (χ0v) is 8.58. The lowest BCUT2D eigenvalue weighted by atomic mass is 9.65. The molecule has 0 aromatic carbocycles. The number of guanidine groups is 1. The molecule has 0 radical (unpaired) electrons. The molecule has 2 aliphatic carbocycles. The molecule has 0 bridgehead atoms. The Morgan fingerprint density at radius 3 is 2.79 bits per heavy atom.